The van der Waals surface area contributed by atoms with Crippen molar-refractivity contribution in [1.29, 1.82) is 0 Å². The molecule has 0 bridgehead atoms. The van der Waals surface area contributed by atoms with Crippen LogP contribution >= 0.6 is 24.0 Å². The minimum Gasteiger partial charge on any atom is -0.366 e. The van der Waals surface area contributed by atoms with Crippen LogP contribution in [0.1, 0.15) is 23.3 Å². The number of nitrogens with zero attached hydrogens (tertiary/aromatic N) is 2. The van der Waals surface area contributed by atoms with Gasteiger partial charge in [0.2, 0.25) is 0 Å². The summed E-state index contributed by atoms with van der Waals surface area (Å²) in [6.45, 7) is 3.71. The van der Waals surface area contributed by atoms with E-state index in [2.05, 4.69) is 20.5 Å². The quantitative estimate of drug-likeness (QED) is 0.829. The van der Waals surface area contributed by atoms with E-state index in [4.69, 9.17) is 11.6 Å². The molecule has 20 heavy (non-hydrogen) atoms. The molecule has 1 amide bonds. The predicted molar refractivity (Wildman–Crippen MR) is 82.1 cm³/mol. The van der Waals surface area contributed by atoms with Crippen LogP contribution in [-0.2, 0) is 0 Å². The Kier molecular flexibility index (Phi) is 5.07. The molecule has 7 heteroatoms. The predicted octanol–water partition coefficient (Wildman–Crippen LogP) is 1.46. The average Bonchev–Trinajstić information content (AvgIpc) is 3.23. The highest BCUT2D eigenvalue weighted by atomic mass is 35.5. The van der Waals surface area contributed by atoms with E-state index in [1.54, 1.807) is 6.07 Å². The third kappa shape index (κ3) is 3.53. The van der Waals surface area contributed by atoms with Crippen molar-refractivity contribution in [3.8, 4) is 0 Å². The Morgan fingerprint density at radius 1 is 1.35 bits per heavy atom. The Morgan fingerprint density at radius 3 is 2.65 bits per heavy atom. The van der Waals surface area contributed by atoms with Gasteiger partial charge in [0, 0.05) is 32.2 Å². The summed E-state index contributed by atoms with van der Waals surface area (Å²) in [5, 5.41) is 6.61. The van der Waals surface area contributed by atoms with Crippen LogP contribution in [0, 0.1) is 0 Å². The number of hydrogen-bond donors (Lipinski definition) is 2. The second kappa shape index (κ2) is 6.61. The molecule has 1 saturated heterocycles. The summed E-state index contributed by atoms with van der Waals surface area (Å²) in [6, 6.07) is 3.98. The smallest absolute Gasteiger partial charge is 0.270 e. The van der Waals surface area contributed by atoms with Gasteiger partial charge in [-0.05, 0) is 25.0 Å². The van der Waals surface area contributed by atoms with Crippen LogP contribution in [0.4, 0.5) is 5.69 Å². The summed E-state index contributed by atoms with van der Waals surface area (Å²) in [5.41, 5.74) is 1.31. The number of rotatable bonds is 3. The highest BCUT2D eigenvalue weighted by Crippen LogP contribution is 2.25. The lowest BCUT2D eigenvalue weighted by molar-refractivity contribution is 0.0946. The van der Waals surface area contributed by atoms with Gasteiger partial charge in [0.25, 0.3) is 5.91 Å². The van der Waals surface area contributed by atoms with Gasteiger partial charge in [-0.15, -0.1) is 12.4 Å². The van der Waals surface area contributed by atoms with Gasteiger partial charge < -0.3 is 15.5 Å². The molecule has 1 aromatic heterocycles. The molecule has 0 atom stereocenters. The number of halogens is 2. The highest BCUT2D eigenvalue weighted by Gasteiger charge is 2.25. The van der Waals surface area contributed by atoms with Gasteiger partial charge in [-0.2, -0.15) is 0 Å². The largest absolute Gasteiger partial charge is 0.366 e. The van der Waals surface area contributed by atoms with Crippen molar-refractivity contribution in [3.05, 3.63) is 23.0 Å². The van der Waals surface area contributed by atoms with Gasteiger partial charge in [0.05, 0.1) is 5.69 Å². The van der Waals surface area contributed by atoms with Crippen LogP contribution in [0.25, 0.3) is 0 Å². The van der Waals surface area contributed by atoms with E-state index < -0.39 is 0 Å². The maximum absolute atomic E-state index is 11.9. The fraction of sp³-hybridized carbons (Fsp3) is 0.538. The molecule has 3 rings (SSSR count). The molecular formula is C13H18Cl2N4O. The topological polar surface area (TPSA) is 57.3 Å². The second-order valence-electron chi connectivity index (χ2n) is 4.99. The van der Waals surface area contributed by atoms with Gasteiger partial charge in [-0.25, -0.2) is 4.98 Å². The number of amides is 1. The van der Waals surface area contributed by atoms with E-state index in [0.717, 1.165) is 44.7 Å². The molecular weight excluding hydrogens is 299 g/mol. The van der Waals surface area contributed by atoms with Gasteiger partial charge in [0.15, 0.2) is 5.15 Å². The Balaban J connectivity index is 0.00000147. The molecule has 2 N–H and O–H groups in total. The number of hydrogen-bond acceptors (Lipinski definition) is 4. The molecule has 0 spiro atoms. The van der Waals surface area contributed by atoms with Crippen LogP contribution in [-0.4, -0.2) is 43.1 Å². The number of nitrogens with one attached hydrogen (secondary N) is 2. The van der Waals surface area contributed by atoms with Gasteiger partial charge in [0.1, 0.15) is 5.69 Å². The maximum atomic E-state index is 11.9. The number of carbonyl (C=O) groups is 1. The summed E-state index contributed by atoms with van der Waals surface area (Å²) >= 11 is 6.21. The zero-order valence-corrected chi connectivity index (χ0v) is 12.6. The normalized spacial score (nSPS) is 18.4. The molecule has 0 radical (unpaired) electrons. The Labute approximate surface area is 129 Å². The maximum Gasteiger partial charge on any atom is 0.270 e. The van der Waals surface area contributed by atoms with E-state index in [9.17, 15) is 4.79 Å². The van der Waals surface area contributed by atoms with Crippen LogP contribution in [0.3, 0.4) is 0 Å². The van der Waals surface area contributed by atoms with Crippen molar-refractivity contribution in [2.75, 3.05) is 31.1 Å². The molecule has 1 aromatic rings. The number of anilines is 1. The van der Waals surface area contributed by atoms with Crippen LogP contribution in [0.2, 0.25) is 5.15 Å². The third-order valence-electron chi connectivity index (χ3n) is 3.43. The summed E-state index contributed by atoms with van der Waals surface area (Å²) < 4.78 is 0. The molecule has 2 fully saturated rings. The fourth-order valence-corrected chi connectivity index (χ4v) is 2.46. The Bertz CT molecular complexity index is 487. The molecule has 110 valence electrons. The Hall–Kier alpha value is -1.04. The number of aromatic nitrogens is 1. The zero-order chi connectivity index (χ0) is 13.2. The lowest BCUT2D eigenvalue weighted by Crippen LogP contribution is -2.43. The van der Waals surface area contributed by atoms with E-state index in [0.29, 0.717) is 16.9 Å². The fourth-order valence-electron chi connectivity index (χ4n) is 2.18. The first-order chi connectivity index (χ1) is 9.24. The molecule has 2 aliphatic rings. The van der Waals surface area contributed by atoms with Crippen molar-refractivity contribution in [3.63, 3.8) is 0 Å². The summed E-state index contributed by atoms with van der Waals surface area (Å²) in [4.78, 5) is 18.3. The lowest BCUT2D eigenvalue weighted by Gasteiger charge is -2.29. The minimum absolute atomic E-state index is 0. The molecule has 2 heterocycles. The van der Waals surface area contributed by atoms with Crippen LogP contribution in [0.5, 0.6) is 0 Å². The molecule has 5 nitrogen and oxygen atoms in total. The first kappa shape index (κ1) is 15.4. The van der Waals surface area contributed by atoms with Crippen molar-refractivity contribution >= 4 is 35.6 Å². The van der Waals surface area contributed by atoms with E-state index in [1.165, 1.54) is 0 Å². The summed E-state index contributed by atoms with van der Waals surface area (Å²) in [5.74, 6) is -0.128. The van der Waals surface area contributed by atoms with Crippen molar-refractivity contribution < 1.29 is 4.79 Å². The SMILES string of the molecule is Cl.O=C(NC1CC1)c1ccc(N2CCNCC2)c(Cl)n1. The van der Waals surface area contributed by atoms with Crippen molar-refractivity contribution in [2.45, 2.75) is 18.9 Å². The molecule has 0 aromatic carbocycles. The van der Waals surface area contributed by atoms with Crippen molar-refractivity contribution in [2.24, 2.45) is 0 Å². The van der Waals surface area contributed by atoms with Crippen molar-refractivity contribution in [1.82, 2.24) is 15.6 Å². The van der Waals surface area contributed by atoms with Crippen LogP contribution < -0.4 is 15.5 Å². The van der Waals surface area contributed by atoms with Crippen LogP contribution in [0.15, 0.2) is 12.1 Å². The molecule has 0 unspecified atom stereocenters. The summed E-state index contributed by atoms with van der Waals surface area (Å²) in [7, 11) is 0. The zero-order valence-electron chi connectivity index (χ0n) is 11.1. The highest BCUT2D eigenvalue weighted by molar-refractivity contribution is 6.32. The van der Waals surface area contributed by atoms with Gasteiger partial charge in [-0.1, -0.05) is 11.6 Å². The number of carbonyl (C=O) groups excluding carboxylic acids is 1. The molecule has 1 saturated carbocycles. The monoisotopic (exact) mass is 316 g/mol. The standard InChI is InChI=1S/C13H17ClN4O.ClH/c14-12-11(18-7-5-15-6-8-18)4-3-10(17-12)13(19)16-9-1-2-9;/h3-4,9,15H,1-2,5-8H2,(H,16,19);1H. The number of piperazine rings is 1. The minimum atomic E-state index is -0.128. The van der Waals surface area contributed by atoms with E-state index in [-0.39, 0.29) is 18.3 Å². The lowest BCUT2D eigenvalue weighted by atomic mass is 10.2. The summed E-state index contributed by atoms with van der Waals surface area (Å²) in [6.07, 6.45) is 2.14. The van der Waals surface area contributed by atoms with E-state index in [1.807, 2.05) is 6.07 Å². The average molecular weight is 317 g/mol. The van der Waals surface area contributed by atoms with E-state index >= 15 is 0 Å². The second-order valence-corrected chi connectivity index (χ2v) is 5.35. The number of pyridine rings is 1. The molecule has 1 aliphatic heterocycles. The molecule has 1 aliphatic carbocycles. The first-order valence-corrected chi connectivity index (χ1v) is 7.05. The first-order valence-electron chi connectivity index (χ1n) is 6.67. The van der Waals surface area contributed by atoms with Gasteiger partial charge >= 0.3 is 0 Å². The van der Waals surface area contributed by atoms with Gasteiger partial charge in [-0.3, -0.25) is 4.79 Å². The Morgan fingerprint density at radius 2 is 2.05 bits per heavy atom. The third-order valence-corrected chi connectivity index (χ3v) is 3.71.